The second kappa shape index (κ2) is 6.36. The number of aromatic amines is 1. The molecule has 0 saturated heterocycles. The van der Waals surface area contributed by atoms with Gasteiger partial charge >= 0.3 is 0 Å². The second-order valence-electron chi connectivity index (χ2n) is 5.91. The lowest BCUT2D eigenvalue weighted by molar-refractivity contribution is 0.763. The zero-order valence-electron chi connectivity index (χ0n) is 14.3. The molecule has 0 aliphatic rings. The van der Waals surface area contributed by atoms with Crippen LogP contribution in [-0.2, 0) is 0 Å². The quantitative estimate of drug-likeness (QED) is 0.571. The zero-order valence-corrected chi connectivity index (χ0v) is 14.3. The van der Waals surface area contributed by atoms with Crippen LogP contribution in [-0.4, -0.2) is 19.9 Å². The van der Waals surface area contributed by atoms with Gasteiger partial charge in [0, 0.05) is 5.56 Å². The second-order valence-corrected chi connectivity index (χ2v) is 5.91. The fourth-order valence-corrected chi connectivity index (χ4v) is 2.76. The Morgan fingerprint density at radius 1 is 1.00 bits per heavy atom. The maximum Gasteiger partial charge on any atom is 0.283 e. The number of aromatic nitrogens is 4. The summed E-state index contributed by atoms with van der Waals surface area (Å²) in [4.78, 5) is 17.6. The summed E-state index contributed by atoms with van der Waals surface area (Å²) in [7, 11) is 0. The predicted molar refractivity (Wildman–Crippen MR) is 99.4 cm³/mol. The van der Waals surface area contributed by atoms with Gasteiger partial charge in [0.25, 0.3) is 5.56 Å². The Morgan fingerprint density at radius 2 is 1.73 bits per heavy atom. The van der Waals surface area contributed by atoms with Crippen molar-refractivity contribution < 1.29 is 0 Å². The Bertz CT molecular complexity index is 1150. The summed E-state index contributed by atoms with van der Waals surface area (Å²) in [5, 5.41) is 15.9. The summed E-state index contributed by atoms with van der Waals surface area (Å²) in [6.07, 6.45) is 0. The molecule has 0 radical (unpaired) electrons. The molecule has 0 atom stereocenters. The fraction of sp³-hybridized carbons (Fsp3) is 0.105. The molecule has 1 N–H and O–H groups in total. The third-order valence-electron chi connectivity index (χ3n) is 4.11. The fourth-order valence-electron chi connectivity index (χ4n) is 2.76. The van der Waals surface area contributed by atoms with Crippen molar-refractivity contribution in [1.29, 1.82) is 0 Å². The Morgan fingerprint density at radius 3 is 2.46 bits per heavy atom. The number of aryl methyl sites for hydroxylation is 2. The topological polar surface area (TPSA) is 88.3 Å². The minimum absolute atomic E-state index is 0.267. The van der Waals surface area contributed by atoms with Crippen LogP contribution in [0, 0.1) is 13.8 Å². The van der Waals surface area contributed by atoms with E-state index < -0.39 is 0 Å². The van der Waals surface area contributed by atoms with Gasteiger partial charge < -0.3 is 0 Å². The first-order valence-corrected chi connectivity index (χ1v) is 8.16. The molecule has 0 amide bonds. The summed E-state index contributed by atoms with van der Waals surface area (Å²) in [5.41, 5.74) is 3.26. The first-order valence-electron chi connectivity index (χ1n) is 8.16. The number of para-hydroxylation sites is 1. The SMILES string of the molecule is Cc1n[nH]c(C)c1N=Nn1c(-c2ccccc2)nc2ccccc2c1=O. The molecule has 2 aromatic heterocycles. The summed E-state index contributed by atoms with van der Waals surface area (Å²) in [6.45, 7) is 3.69. The molecule has 0 aliphatic carbocycles. The first kappa shape index (κ1) is 15.9. The molecular formula is C19H16N6O. The van der Waals surface area contributed by atoms with Gasteiger partial charge in [0.15, 0.2) is 5.82 Å². The van der Waals surface area contributed by atoms with Crippen LogP contribution in [0.3, 0.4) is 0 Å². The van der Waals surface area contributed by atoms with Gasteiger partial charge in [0.2, 0.25) is 0 Å². The van der Waals surface area contributed by atoms with Gasteiger partial charge in [0.05, 0.1) is 22.3 Å². The van der Waals surface area contributed by atoms with Gasteiger partial charge in [-0.1, -0.05) is 47.7 Å². The van der Waals surface area contributed by atoms with Crippen LogP contribution in [0.4, 0.5) is 5.69 Å². The molecule has 0 fully saturated rings. The van der Waals surface area contributed by atoms with Crippen LogP contribution in [0.5, 0.6) is 0 Å². The summed E-state index contributed by atoms with van der Waals surface area (Å²) < 4.78 is 1.24. The molecule has 4 rings (SSSR count). The van der Waals surface area contributed by atoms with E-state index in [-0.39, 0.29) is 5.56 Å². The van der Waals surface area contributed by atoms with E-state index in [1.54, 1.807) is 12.1 Å². The van der Waals surface area contributed by atoms with Crippen LogP contribution >= 0.6 is 0 Å². The largest absolute Gasteiger partial charge is 0.283 e. The van der Waals surface area contributed by atoms with Crippen molar-refractivity contribution in [3.8, 4) is 11.4 Å². The standard InChI is InChI=1S/C19H16N6O/c1-12-17(13(2)22-21-12)23-24-25-18(14-8-4-3-5-9-14)20-16-11-7-6-10-15(16)19(25)26/h3-11H,1-2H3,(H,21,22). The molecule has 26 heavy (non-hydrogen) atoms. The average molecular weight is 344 g/mol. The maximum absolute atomic E-state index is 13.0. The minimum atomic E-state index is -0.267. The molecule has 2 heterocycles. The number of hydrogen-bond donors (Lipinski definition) is 1. The van der Waals surface area contributed by atoms with Gasteiger partial charge in [0.1, 0.15) is 5.69 Å². The molecule has 7 heteroatoms. The van der Waals surface area contributed by atoms with Crippen LogP contribution < -0.4 is 5.56 Å². The highest BCUT2D eigenvalue weighted by Gasteiger charge is 2.13. The van der Waals surface area contributed by atoms with Crippen molar-refractivity contribution >= 4 is 16.6 Å². The number of nitrogens with zero attached hydrogens (tertiary/aromatic N) is 5. The van der Waals surface area contributed by atoms with Crippen molar-refractivity contribution in [3.05, 3.63) is 76.3 Å². The zero-order chi connectivity index (χ0) is 18.1. The van der Waals surface area contributed by atoms with Crippen molar-refractivity contribution in [3.63, 3.8) is 0 Å². The Labute approximate surface area is 149 Å². The van der Waals surface area contributed by atoms with Gasteiger partial charge in [-0.3, -0.25) is 9.89 Å². The number of nitrogens with one attached hydrogen (secondary N) is 1. The van der Waals surface area contributed by atoms with Gasteiger partial charge in [-0.15, -0.1) is 5.11 Å². The smallest absolute Gasteiger partial charge is 0.280 e. The molecular weight excluding hydrogens is 328 g/mol. The maximum atomic E-state index is 13.0. The van der Waals surface area contributed by atoms with E-state index in [0.717, 1.165) is 11.3 Å². The Kier molecular flexibility index (Phi) is 3.89. The summed E-state index contributed by atoms with van der Waals surface area (Å²) in [5.74, 6) is 0.442. The number of rotatable bonds is 3. The molecule has 0 spiro atoms. The van der Waals surface area contributed by atoms with Gasteiger partial charge in [-0.2, -0.15) is 9.77 Å². The normalized spacial score (nSPS) is 11.5. The Hall–Kier alpha value is -3.61. The van der Waals surface area contributed by atoms with Gasteiger partial charge in [-0.05, 0) is 26.0 Å². The lowest BCUT2D eigenvalue weighted by Crippen LogP contribution is -2.19. The number of fused-ring (bicyclic) bond motifs is 1. The van der Waals surface area contributed by atoms with E-state index in [1.807, 2.05) is 56.3 Å². The molecule has 0 saturated carbocycles. The molecule has 4 aromatic rings. The van der Waals surface area contributed by atoms with Crippen LogP contribution in [0.1, 0.15) is 11.4 Å². The Balaban J connectivity index is 1.97. The van der Waals surface area contributed by atoms with E-state index in [4.69, 9.17) is 0 Å². The van der Waals surface area contributed by atoms with Crippen LogP contribution in [0.25, 0.3) is 22.3 Å². The lowest BCUT2D eigenvalue weighted by Gasteiger charge is -2.08. The van der Waals surface area contributed by atoms with E-state index in [0.29, 0.717) is 28.1 Å². The van der Waals surface area contributed by atoms with Crippen molar-refractivity contribution in [2.75, 3.05) is 0 Å². The summed E-state index contributed by atoms with van der Waals surface area (Å²) >= 11 is 0. The third kappa shape index (κ3) is 2.69. The van der Waals surface area contributed by atoms with E-state index in [9.17, 15) is 4.79 Å². The lowest BCUT2D eigenvalue weighted by atomic mass is 10.2. The molecule has 7 nitrogen and oxygen atoms in total. The van der Waals surface area contributed by atoms with Crippen molar-refractivity contribution in [2.45, 2.75) is 13.8 Å². The average Bonchev–Trinajstić information content (AvgIpc) is 2.99. The van der Waals surface area contributed by atoms with Crippen LogP contribution in [0.15, 0.2) is 69.7 Å². The highest BCUT2D eigenvalue weighted by molar-refractivity contribution is 5.79. The highest BCUT2D eigenvalue weighted by atomic mass is 16.1. The van der Waals surface area contributed by atoms with Gasteiger partial charge in [-0.25, -0.2) is 4.98 Å². The minimum Gasteiger partial charge on any atom is -0.280 e. The van der Waals surface area contributed by atoms with E-state index >= 15 is 0 Å². The molecule has 0 unspecified atom stereocenters. The third-order valence-corrected chi connectivity index (χ3v) is 4.11. The molecule has 0 aliphatic heterocycles. The molecule has 2 aromatic carbocycles. The van der Waals surface area contributed by atoms with Crippen molar-refractivity contribution in [1.82, 2.24) is 19.9 Å². The molecule has 128 valence electrons. The number of hydrogen-bond acceptors (Lipinski definition) is 5. The van der Waals surface area contributed by atoms with Crippen LogP contribution in [0.2, 0.25) is 0 Å². The number of benzene rings is 2. The predicted octanol–water partition coefficient (Wildman–Crippen LogP) is 3.95. The molecule has 0 bridgehead atoms. The first-order chi connectivity index (χ1) is 12.6. The monoisotopic (exact) mass is 344 g/mol. The van der Waals surface area contributed by atoms with E-state index in [1.165, 1.54) is 4.68 Å². The summed E-state index contributed by atoms with van der Waals surface area (Å²) in [6, 6.07) is 16.7. The number of H-pyrrole nitrogens is 1. The highest BCUT2D eigenvalue weighted by Crippen LogP contribution is 2.22. The van der Waals surface area contributed by atoms with E-state index in [2.05, 4.69) is 25.5 Å². The van der Waals surface area contributed by atoms with Crippen molar-refractivity contribution in [2.24, 2.45) is 10.3 Å².